The molecule has 0 saturated carbocycles. The highest BCUT2D eigenvalue weighted by Gasteiger charge is 2.03. The topological polar surface area (TPSA) is 43.4 Å². The van der Waals surface area contributed by atoms with Crippen molar-refractivity contribution in [2.45, 2.75) is 12.7 Å². The van der Waals surface area contributed by atoms with E-state index in [0.29, 0.717) is 6.54 Å². The summed E-state index contributed by atoms with van der Waals surface area (Å²) >= 11 is 1.62. The second-order valence-corrected chi connectivity index (χ2v) is 3.55. The lowest BCUT2D eigenvalue weighted by Gasteiger charge is -2.13. The molecule has 1 rings (SSSR count). The average molecular weight is 216 g/mol. The van der Waals surface area contributed by atoms with Crippen LogP contribution in [0.2, 0.25) is 0 Å². The van der Waals surface area contributed by atoms with E-state index < -0.39 is 0 Å². The molecule has 0 aliphatic rings. The zero-order chi connectivity index (χ0) is 10.2. The molecule has 0 spiro atoms. The van der Waals surface area contributed by atoms with Crippen LogP contribution in [0, 0.1) is 0 Å². The molecule has 5 heteroatoms. The van der Waals surface area contributed by atoms with E-state index in [1.54, 1.807) is 25.6 Å². The van der Waals surface area contributed by atoms with E-state index >= 15 is 0 Å². The molecular formula is C9H16N2O2S. The summed E-state index contributed by atoms with van der Waals surface area (Å²) in [5, 5.41) is 5.30. The molecule has 0 unspecified atom stereocenters. The molecule has 1 N–H and O–H groups in total. The number of ether oxygens (including phenoxy) is 2. The van der Waals surface area contributed by atoms with Gasteiger partial charge in [-0.15, -0.1) is 11.3 Å². The van der Waals surface area contributed by atoms with Crippen LogP contribution in [0.3, 0.4) is 0 Å². The zero-order valence-electron chi connectivity index (χ0n) is 8.53. The fourth-order valence-corrected chi connectivity index (χ4v) is 1.65. The van der Waals surface area contributed by atoms with Gasteiger partial charge in [0.2, 0.25) is 0 Å². The van der Waals surface area contributed by atoms with Crippen LogP contribution < -0.4 is 5.32 Å². The van der Waals surface area contributed by atoms with Gasteiger partial charge in [0.1, 0.15) is 0 Å². The molecule has 0 amide bonds. The van der Waals surface area contributed by atoms with Gasteiger partial charge in [-0.25, -0.2) is 4.98 Å². The first kappa shape index (κ1) is 11.6. The van der Waals surface area contributed by atoms with Crippen molar-refractivity contribution in [1.29, 1.82) is 0 Å². The van der Waals surface area contributed by atoms with Crippen LogP contribution in [0.25, 0.3) is 0 Å². The molecule has 0 fully saturated rings. The van der Waals surface area contributed by atoms with Crippen molar-refractivity contribution in [3.63, 3.8) is 0 Å². The summed E-state index contributed by atoms with van der Waals surface area (Å²) in [6.45, 7) is 1.60. The monoisotopic (exact) mass is 216 g/mol. The second kappa shape index (κ2) is 6.89. The van der Waals surface area contributed by atoms with Gasteiger partial charge in [0.05, 0.1) is 11.2 Å². The predicted octanol–water partition coefficient (Wildman–Crippen LogP) is 0.894. The third-order valence-corrected chi connectivity index (χ3v) is 2.51. The summed E-state index contributed by atoms with van der Waals surface area (Å²) < 4.78 is 10.1. The summed E-state index contributed by atoms with van der Waals surface area (Å²) in [5.41, 5.74) is 2.98. The van der Waals surface area contributed by atoms with Gasteiger partial charge in [-0.05, 0) is 0 Å². The molecule has 1 heterocycles. The Kier molecular flexibility index (Phi) is 5.70. The molecule has 0 atom stereocenters. The van der Waals surface area contributed by atoms with E-state index in [1.165, 1.54) is 0 Å². The van der Waals surface area contributed by atoms with E-state index in [0.717, 1.165) is 18.7 Å². The van der Waals surface area contributed by atoms with Gasteiger partial charge in [0, 0.05) is 39.1 Å². The van der Waals surface area contributed by atoms with Gasteiger partial charge in [-0.2, -0.15) is 0 Å². The average Bonchev–Trinajstić information content (AvgIpc) is 2.71. The van der Waals surface area contributed by atoms with Crippen molar-refractivity contribution >= 4 is 11.3 Å². The third-order valence-electron chi connectivity index (χ3n) is 1.88. The highest BCUT2D eigenvalue weighted by Crippen LogP contribution is 2.00. The number of rotatable bonds is 7. The minimum atomic E-state index is -0.162. The molecule has 1 aromatic rings. The molecule has 0 aliphatic heterocycles. The first-order valence-electron chi connectivity index (χ1n) is 4.50. The predicted molar refractivity (Wildman–Crippen MR) is 56.5 cm³/mol. The van der Waals surface area contributed by atoms with Crippen molar-refractivity contribution in [3.05, 3.63) is 16.6 Å². The largest absolute Gasteiger partial charge is 0.355 e. The van der Waals surface area contributed by atoms with Crippen LogP contribution in [-0.2, 0) is 15.9 Å². The van der Waals surface area contributed by atoms with Crippen LogP contribution in [0.5, 0.6) is 0 Å². The van der Waals surface area contributed by atoms with E-state index in [4.69, 9.17) is 9.47 Å². The standard InChI is InChI=1S/C9H16N2O2S/c1-12-9(13-2)5-10-4-3-8-6-14-7-11-8/h6-7,9-10H,3-5H2,1-2H3. The molecule has 0 aromatic carbocycles. The number of nitrogens with one attached hydrogen (secondary N) is 1. The van der Waals surface area contributed by atoms with Crippen molar-refractivity contribution < 1.29 is 9.47 Å². The maximum Gasteiger partial charge on any atom is 0.169 e. The number of aromatic nitrogens is 1. The van der Waals surface area contributed by atoms with Crippen molar-refractivity contribution in [3.8, 4) is 0 Å². The first-order valence-corrected chi connectivity index (χ1v) is 5.44. The fraction of sp³-hybridized carbons (Fsp3) is 0.667. The fourth-order valence-electron chi connectivity index (χ4n) is 1.06. The maximum atomic E-state index is 5.04. The van der Waals surface area contributed by atoms with Gasteiger partial charge >= 0.3 is 0 Å². The Morgan fingerprint density at radius 3 is 2.86 bits per heavy atom. The lowest BCUT2D eigenvalue weighted by atomic mass is 10.3. The summed E-state index contributed by atoms with van der Waals surface area (Å²) in [4.78, 5) is 4.19. The molecule has 14 heavy (non-hydrogen) atoms. The van der Waals surface area contributed by atoms with Gasteiger partial charge in [0.25, 0.3) is 0 Å². The normalized spacial score (nSPS) is 11.1. The highest BCUT2D eigenvalue weighted by molar-refractivity contribution is 7.07. The Morgan fingerprint density at radius 1 is 1.50 bits per heavy atom. The molecule has 0 aliphatic carbocycles. The Bertz CT molecular complexity index is 225. The van der Waals surface area contributed by atoms with Crippen molar-refractivity contribution in [1.82, 2.24) is 10.3 Å². The molecule has 1 aromatic heterocycles. The van der Waals surface area contributed by atoms with Gasteiger partial charge in [-0.1, -0.05) is 0 Å². The molecule has 0 radical (unpaired) electrons. The molecular weight excluding hydrogens is 200 g/mol. The van der Waals surface area contributed by atoms with Crippen LogP contribution in [0.1, 0.15) is 5.69 Å². The Morgan fingerprint density at radius 2 is 2.29 bits per heavy atom. The lowest BCUT2D eigenvalue weighted by molar-refractivity contribution is -0.0986. The van der Waals surface area contributed by atoms with E-state index in [2.05, 4.69) is 15.7 Å². The quantitative estimate of drug-likeness (QED) is 0.543. The van der Waals surface area contributed by atoms with Gasteiger partial charge < -0.3 is 14.8 Å². The summed E-state index contributed by atoms with van der Waals surface area (Å²) in [5.74, 6) is 0. The minimum absolute atomic E-state index is 0.162. The first-order chi connectivity index (χ1) is 6.86. The number of hydrogen-bond donors (Lipinski definition) is 1. The summed E-state index contributed by atoms with van der Waals surface area (Å²) in [6.07, 6.45) is 0.786. The third kappa shape index (κ3) is 4.15. The second-order valence-electron chi connectivity index (χ2n) is 2.83. The molecule has 0 saturated heterocycles. The zero-order valence-corrected chi connectivity index (χ0v) is 9.34. The van der Waals surface area contributed by atoms with E-state index in [1.807, 2.05) is 5.51 Å². The van der Waals surface area contributed by atoms with E-state index in [9.17, 15) is 0 Å². The minimum Gasteiger partial charge on any atom is -0.355 e. The number of hydrogen-bond acceptors (Lipinski definition) is 5. The van der Waals surface area contributed by atoms with Crippen LogP contribution >= 0.6 is 11.3 Å². The number of thiazole rings is 1. The Labute approximate surface area is 88.3 Å². The number of methoxy groups -OCH3 is 2. The Hall–Kier alpha value is -0.490. The van der Waals surface area contributed by atoms with Gasteiger partial charge in [-0.3, -0.25) is 0 Å². The lowest BCUT2D eigenvalue weighted by Crippen LogP contribution is -2.31. The smallest absolute Gasteiger partial charge is 0.169 e. The Balaban J connectivity index is 2.04. The molecule has 4 nitrogen and oxygen atoms in total. The van der Waals surface area contributed by atoms with Crippen LogP contribution in [0.15, 0.2) is 10.9 Å². The number of nitrogens with zero attached hydrogens (tertiary/aromatic N) is 1. The summed E-state index contributed by atoms with van der Waals surface area (Å²) in [6, 6.07) is 0. The summed E-state index contributed by atoms with van der Waals surface area (Å²) in [7, 11) is 3.27. The molecule has 0 bridgehead atoms. The highest BCUT2D eigenvalue weighted by atomic mass is 32.1. The van der Waals surface area contributed by atoms with Crippen LogP contribution in [-0.4, -0.2) is 38.6 Å². The maximum absolute atomic E-state index is 5.04. The van der Waals surface area contributed by atoms with Crippen molar-refractivity contribution in [2.75, 3.05) is 27.3 Å². The SMILES string of the molecule is COC(CNCCc1cscn1)OC. The van der Waals surface area contributed by atoms with E-state index in [-0.39, 0.29) is 6.29 Å². The van der Waals surface area contributed by atoms with Crippen LogP contribution in [0.4, 0.5) is 0 Å². The van der Waals surface area contributed by atoms with Crippen molar-refractivity contribution in [2.24, 2.45) is 0 Å². The molecule has 80 valence electrons. The van der Waals surface area contributed by atoms with Gasteiger partial charge in [0.15, 0.2) is 6.29 Å².